The molecule has 3 nitrogen and oxygen atoms in total. The molecule has 0 unspecified atom stereocenters. The smallest absolute Gasteiger partial charge is 0.0271 e. The molecule has 0 atom stereocenters. The van der Waals surface area contributed by atoms with E-state index in [2.05, 4.69) is 41.2 Å². The first kappa shape index (κ1) is 16.1. The number of pyridine rings is 1. The average molecular weight is 263 g/mol. The quantitative estimate of drug-likeness (QED) is 0.622. The van der Waals surface area contributed by atoms with Crippen LogP contribution in [0.5, 0.6) is 0 Å². The van der Waals surface area contributed by atoms with Crippen LogP contribution in [0.2, 0.25) is 0 Å². The number of likely N-dealkylation sites (N-methyl/N-ethyl adjacent to an activating group) is 1. The van der Waals surface area contributed by atoms with E-state index in [4.69, 9.17) is 0 Å². The van der Waals surface area contributed by atoms with E-state index < -0.39 is 0 Å². The van der Waals surface area contributed by atoms with E-state index in [1.165, 1.54) is 31.2 Å². The highest BCUT2D eigenvalue weighted by atomic mass is 15.1. The highest BCUT2D eigenvalue weighted by Gasteiger charge is 2.02. The number of nitrogens with zero attached hydrogens (tertiary/aromatic N) is 2. The summed E-state index contributed by atoms with van der Waals surface area (Å²) in [6.45, 7) is 9.97. The molecular weight excluding hydrogens is 234 g/mol. The number of rotatable bonds is 11. The summed E-state index contributed by atoms with van der Waals surface area (Å²) in [6.07, 6.45) is 9.09. The lowest BCUT2D eigenvalue weighted by atomic mass is 10.2. The van der Waals surface area contributed by atoms with Gasteiger partial charge >= 0.3 is 0 Å². The number of nitrogens with one attached hydrogen (secondary N) is 1. The van der Waals surface area contributed by atoms with Crippen molar-refractivity contribution in [2.45, 2.75) is 46.1 Å². The second-order valence-electron chi connectivity index (χ2n) is 5.03. The van der Waals surface area contributed by atoms with Gasteiger partial charge in [0.1, 0.15) is 0 Å². The molecular formula is C16H29N3. The van der Waals surface area contributed by atoms with Gasteiger partial charge in [0, 0.05) is 32.0 Å². The van der Waals surface area contributed by atoms with Crippen LogP contribution in [0, 0.1) is 0 Å². The lowest BCUT2D eigenvalue weighted by Gasteiger charge is -2.20. The number of aromatic nitrogens is 1. The Kier molecular flexibility index (Phi) is 9.29. The molecule has 0 amide bonds. The van der Waals surface area contributed by atoms with Gasteiger partial charge in [0.25, 0.3) is 0 Å². The molecule has 108 valence electrons. The fourth-order valence-corrected chi connectivity index (χ4v) is 2.13. The van der Waals surface area contributed by atoms with Crippen molar-refractivity contribution in [3.63, 3.8) is 0 Å². The molecule has 1 N–H and O–H groups in total. The van der Waals surface area contributed by atoms with Crippen LogP contribution in [-0.2, 0) is 6.54 Å². The van der Waals surface area contributed by atoms with Crippen molar-refractivity contribution in [1.82, 2.24) is 15.2 Å². The van der Waals surface area contributed by atoms with Crippen LogP contribution in [0.25, 0.3) is 0 Å². The van der Waals surface area contributed by atoms with Crippen molar-refractivity contribution < 1.29 is 0 Å². The molecule has 0 aliphatic heterocycles. The second-order valence-corrected chi connectivity index (χ2v) is 5.03. The van der Waals surface area contributed by atoms with E-state index in [0.717, 1.165) is 32.7 Å². The molecule has 0 aliphatic carbocycles. The molecule has 3 heteroatoms. The van der Waals surface area contributed by atoms with E-state index in [1.54, 1.807) is 0 Å². The van der Waals surface area contributed by atoms with Gasteiger partial charge in [-0.2, -0.15) is 0 Å². The van der Waals surface area contributed by atoms with Crippen LogP contribution in [0.1, 0.15) is 45.1 Å². The topological polar surface area (TPSA) is 28.2 Å². The van der Waals surface area contributed by atoms with Gasteiger partial charge in [-0.1, -0.05) is 33.1 Å². The van der Waals surface area contributed by atoms with Crippen LogP contribution in [0.3, 0.4) is 0 Å². The molecule has 0 aromatic carbocycles. The molecule has 0 bridgehead atoms. The Labute approximate surface area is 118 Å². The molecule has 0 saturated carbocycles. The van der Waals surface area contributed by atoms with Crippen molar-refractivity contribution >= 4 is 0 Å². The van der Waals surface area contributed by atoms with Crippen LogP contribution < -0.4 is 5.32 Å². The Morgan fingerprint density at radius 3 is 2.53 bits per heavy atom. The predicted molar refractivity (Wildman–Crippen MR) is 82.2 cm³/mol. The Bertz CT molecular complexity index is 300. The number of unbranched alkanes of at least 4 members (excludes halogenated alkanes) is 3. The number of hydrogen-bond acceptors (Lipinski definition) is 3. The maximum Gasteiger partial charge on any atom is 0.0271 e. The summed E-state index contributed by atoms with van der Waals surface area (Å²) in [4.78, 5) is 6.53. The SMILES string of the molecule is CCCCCCNCCN(CC)Cc1ccncc1. The zero-order valence-electron chi connectivity index (χ0n) is 12.6. The van der Waals surface area contributed by atoms with Crippen molar-refractivity contribution in [2.24, 2.45) is 0 Å². The standard InChI is InChI=1S/C16H29N3/c1-3-5-6-7-10-17-13-14-19(4-2)15-16-8-11-18-12-9-16/h8-9,11-12,17H,3-7,10,13-15H2,1-2H3. The van der Waals surface area contributed by atoms with Crippen LogP contribution in [0.4, 0.5) is 0 Å². The van der Waals surface area contributed by atoms with Gasteiger partial charge in [0.2, 0.25) is 0 Å². The monoisotopic (exact) mass is 263 g/mol. The molecule has 1 rings (SSSR count). The fraction of sp³-hybridized carbons (Fsp3) is 0.688. The lowest BCUT2D eigenvalue weighted by Crippen LogP contribution is -2.32. The molecule has 0 spiro atoms. The Morgan fingerprint density at radius 1 is 1.05 bits per heavy atom. The van der Waals surface area contributed by atoms with Gasteiger partial charge in [-0.05, 0) is 37.2 Å². The Balaban J connectivity index is 2.09. The van der Waals surface area contributed by atoms with E-state index in [9.17, 15) is 0 Å². The maximum atomic E-state index is 4.06. The van der Waals surface area contributed by atoms with E-state index in [0.29, 0.717) is 0 Å². The van der Waals surface area contributed by atoms with Gasteiger partial charge in [0.15, 0.2) is 0 Å². The maximum absolute atomic E-state index is 4.06. The summed E-state index contributed by atoms with van der Waals surface area (Å²) >= 11 is 0. The van der Waals surface area contributed by atoms with Crippen molar-refractivity contribution in [3.05, 3.63) is 30.1 Å². The normalized spacial score (nSPS) is 11.1. The van der Waals surface area contributed by atoms with Crippen molar-refractivity contribution in [1.29, 1.82) is 0 Å². The van der Waals surface area contributed by atoms with E-state index in [1.807, 2.05) is 12.4 Å². The van der Waals surface area contributed by atoms with Crippen LogP contribution in [0.15, 0.2) is 24.5 Å². The van der Waals surface area contributed by atoms with E-state index in [-0.39, 0.29) is 0 Å². The zero-order valence-corrected chi connectivity index (χ0v) is 12.6. The Morgan fingerprint density at radius 2 is 1.84 bits per heavy atom. The minimum Gasteiger partial charge on any atom is -0.315 e. The van der Waals surface area contributed by atoms with E-state index >= 15 is 0 Å². The molecule has 19 heavy (non-hydrogen) atoms. The third-order valence-corrected chi connectivity index (χ3v) is 3.41. The first-order chi connectivity index (χ1) is 9.36. The third kappa shape index (κ3) is 7.96. The van der Waals surface area contributed by atoms with Gasteiger partial charge in [-0.15, -0.1) is 0 Å². The lowest BCUT2D eigenvalue weighted by molar-refractivity contribution is 0.279. The molecule has 0 radical (unpaired) electrons. The predicted octanol–water partition coefficient (Wildman–Crippen LogP) is 3.07. The molecule has 1 aromatic heterocycles. The summed E-state index contributed by atoms with van der Waals surface area (Å²) in [6, 6.07) is 4.20. The van der Waals surface area contributed by atoms with Gasteiger partial charge in [-0.3, -0.25) is 9.88 Å². The van der Waals surface area contributed by atoms with Crippen molar-refractivity contribution in [2.75, 3.05) is 26.2 Å². The molecule has 1 aromatic rings. The van der Waals surface area contributed by atoms with Gasteiger partial charge in [-0.25, -0.2) is 0 Å². The molecule has 0 fully saturated rings. The minimum atomic E-state index is 1.02. The minimum absolute atomic E-state index is 1.02. The first-order valence-electron chi connectivity index (χ1n) is 7.68. The Hall–Kier alpha value is -0.930. The van der Waals surface area contributed by atoms with Crippen LogP contribution >= 0.6 is 0 Å². The second kappa shape index (κ2) is 10.9. The summed E-state index contributed by atoms with van der Waals surface area (Å²) < 4.78 is 0. The zero-order chi connectivity index (χ0) is 13.8. The number of hydrogen-bond donors (Lipinski definition) is 1. The summed E-state index contributed by atoms with van der Waals surface area (Å²) in [7, 11) is 0. The first-order valence-corrected chi connectivity index (χ1v) is 7.68. The summed E-state index contributed by atoms with van der Waals surface area (Å²) in [5, 5.41) is 3.54. The van der Waals surface area contributed by atoms with Gasteiger partial charge in [0.05, 0.1) is 0 Å². The summed E-state index contributed by atoms with van der Waals surface area (Å²) in [5.41, 5.74) is 1.35. The highest BCUT2D eigenvalue weighted by molar-refractivity contribution is 5.09. The highest BCUT2D eigenvalue weighted by Crippen LogP contribution is 2.02. The molecule has 0 saturated heterocycles. The summed E-state index contributed by atoms with van der Waals surface area (Å²) in [5.74, 6) is 0. The van der Waals surface area contributed by atoms with Gasteiger partial charge < -0.3 is 5.32 Å². The molecule has 1 heterocycles. The molecule has 0 aliphatic rings. The largest absolute Gasteiger partial charge is 0.315 e. The fourth-order valence-electron chi connectivity index (χ4n) is 2.13. The average Bonchev–Trinajstić information content (AvgIpc) is 2.46. The van der Waals surface area contributed by atoms with Crippen molar-refractivity contribution in [3.8, 4) is 0 Å². The van der Waals surface area contributed by atoms with Crippen LogP contribution in [-0.4, -0.2) is 36.1 Å². The third-order valence-electron chi connectivity index (χ3n) is 3.41.